The van der Waals surface area contributed by atoms with E-state index in [-0.39, 0.29) is 5.56 Å². The van der Waals surface area contributed by atoms with Crippen LogP contribution in [0.4, 0.5) is 0 Å². The molecule has 0 spiro atoms. The quantitative estimate of drug-likeness (QED) is 0.730. The van der Waals surface area contributed by atoms with Crippen molar-refractivity contribution in [2.45, 2.75) is 33.1 Å². The van der Waals surface area contributed by atoms with E-state index in [4.69, 9.17) is 14.6 Å². The lowest BCUT2D eigenvalue weighted by Gasteiger charge is -2.12. The zero-order valence-corrected chi connectivity index (χ0v) is 11.8. The molecule has 106 valence electrons. The van der Waals surface area contributed by atoms with E-state index < -0.39 is 5.97 Å². The number of hydrogen-bond donors (Lipinski definition) is 1. The number of aromatic carboxylic acids is 1. The van der Waals surface area contributed by atoms with E-state index in [9.17, 15) is 4.79 Å². The lowest BCUT2D eigenvalue weighted by Crippen LogP contribution is -2.03. The molecular formula is C15H22O4. The molecule has 0 aliphatic heterocycles. The monoisotopic (exact) mass is 266 g/mol. The summed E-state index contributed by atoms with van der Waals surface area (Å²) in [5.41, 5.74) is 0.198. The highest BCUT2D eigenvalue weighted by molar-refractivity contribution is 5.88. The maximum atomic E-state index is 10.9. The molecule has 0 saturated heterocycles. The van der Waals surface area contributed by atoms with Crippen molar-refractivity contribution in [2.24, 2.45) is 5.92 Å². The predicted molar refractivity (Wildman–Crippen MR) is 74.1 cm³/mol. The molecule has 0 amide bonds. The third-order valence-corrected chi connectivity index (χ3v) is 3.21. The van der Waals surface area contributed by atoms with Crippen LogP contribution in [-0.2, 0) is 0 Å². The molecule has 1 atom stereocenters. The van der Waals surface area contributed by atoms with Crippen molar-refractivity contribution in [2.75, 3.05) is 13.7 Å². The van der Waals surface area contributed by atoms with Crippen LogP contribution in [0.2, 0.25) is 0 Å². The smallest absolute Gasteiger partial charge is 0.335 e. The normalized spacial score (nSPS) is 11.9. The SMILES string of the molecule is CCC(C)CCCOc1ccc(C(=O)O)cc1OC. The number of carboxylic acid groups (broad SMARTS) is 1. The number of rotatable bonds is 8. The van der Waals surface area contributed by atoms with E-state index in [0.717, 1.165) is 12.8 Å². The number of methoxy groups -OCH3 is 1. The first-order valence-electron chi connectivity index (χ1n) is 6.62. The van der Waals surface area contributed by atoms with Crippen molar-refractivity contribution in [3.63, 3.8) is 0 Å². The molecule has 19 heavy (non-hydrogen) atoms. The standard InChI is InChI=1S/C15H22O4/c1-4-11(2)6-5-9-19-13-8-7-12(15(16)17)10-14(13)18-3/h7-8,10-11H,4-6,9H2,1-3H3,(H,16,17). The number of benzene rings is 1. The van der Waals surface area contributed by atoms with Gasteiger partial charge in [0, 0.05) is 0 Å². The van der Waals surface area contributed by atoms with Gasteiger partial charge in [-0.15, -0.1) is 0 Å². The molecule has 0 aromatic heterocycles. The van der Waals surface area contributed by atoms with E-state index in [1.807, 2.05) is 0 Å². The van der Waals surface area contributed by atoms with Crippen LogP contribution in [0.25, 0.3) is 0 Å². The molecule has 0 bridgehead atoms. The second-order valence-corrected chi connectivity index (χ2v) is 4.67. The first-order chi connectivity index (χ1) is 9.08. The highest BCUT2D eigenvalue weighted by atomic mass is 16.5. The summed E-state index contributed by atoms with van der Waals surface area (Å²) in [5.74, 6) is 0.793. The Bertz CT molecular complexity index is 415. The summed E-state index contributed by atoms with van der Waals surface area (Å²) in [6.07, 6.45) is 3.29. The highest BCUT2D eigenvalue weighted by Crippen LogP contribution is 2.28. The Morgan fingerprint density at radius 3 is 2.68 bits per heavy atom. The van der Waals surface area contributed by atoms with Crippen LogP contribution in [0.3, 0.4) is 0 Å². The summed E-state index contributed by atoms with van der Waals surface area (Å²) < 4.78 is 10.8. The van der Waals surface area contributed by atoms with Crippen LogP contribution in [-0.4, -0.2) is 24.8 Å². The van der Waals surface area contributed by atoms with Crippen LogP contribution in [0, 0.1) is 5.92 Å². The Kier molecular flexibility index (Phi) is 6.19. The summed E-state index contributed by atoms with van der Waals surface area (Å²) in [5, 5.41) is 8.90. The Balaban J connectivity index is 2.56. The van der Waals surface area contributed by atoms with Gasteiger partial charge >= 0.3 is 5.97 Å². The van der Waals surface area contributed by atoms with Crippen molar-refractivity contribution in [1.82, 2.24) is 0 Å². The zero-order chi connectivity index (χ0) is 14.3. The van der Waals surface area contributed by atoms with Crippen molar-refractivity contribution in [3.8, 4) is 11.5 Å². The molecule has 1 rings (SSSR count). The van der Waals surface area contributed by atoms with Gasteiger partial charge in [-0.05, 0) is 37.0 Å². The molecule has 0 fully saturated rings. The fraction of sp³-hybridized carbons (Fsp3) is 0.533. The topological polar surface area (TPSA) is 55.8 Å². The average Bonchev–Trinajstić information content (AvgIpc) is 2.42. The maximum Gasteiger partial charge on any atom is 0.335 e. The number of ether oxygens (including phenoxy) is 2. The minimum atomic E-state index is -0.971. The van der Waals surface area contributed by atoms with E-state index in [0.29, 0.717) is 24.0 Å². The molecule has 4 nitrogen and oxygen atoms in total. The van der Waals surface area contributed by atoms with Crippen LogP contribution in [0.5, 0.6) is 11.5 Å². The third kappa shape index (κ3) is 4.81. The first kappa shape index (κ1) is 15.3. The summed E-state index contributed by atoms with van der Waals surface area (Å²) in [6.45, 7) is 5.02. The van der Waals surface area contributed by atoms with Gasteiger partial charge in [-0.3, -0.25) is 0 Å². The van der Waals surface area contributed by atoms with Crippen LogP contribution < -0.4 is 9.47 Å². The van der Waals surface area contributed by atoms with Crippen LogP contribution >= 0.6 is 0 Å². The van der Waals surface area contributed by atoms with Crippen molar-refractivity contribution in [1.29, 1.82) is 0 Å². The van der Waals surface area contributed by atoms with E-state index in [1.165, 1.54) is 25.7 Å². The van der Waals surface area contributed by atoms with Gasteiger partial charge in [0.15, 0.2) is 11.5 Å². The van der Waals surface area contributed by atoms with E-state index in [1.54, 1.807) is 6.07 Å². The molecule has 1 aromatic carbocycles. The molecular weight excluding hydrogens is 244 g/mol. The fourth-order valence-electron chi connectivity index (χ4n) is 1.74. The molecule has 0 radical (unpaired) electrons. The number of carboxylic acids is 1. The molecule has 0 heterocycles. The summed E-state index contributed by atoms with van der Waals surface area (Å²) in [7, 11) is 1.51. The third-order valence-electron chi connectivity index (χ3n) is 3.21. The van der Waals surface area contributed by atoms with Gasteiger partial charge in [-0.2, -0.15) is 0 Å². The molecule has 1 unspecified atom stereocenters. The summed E-state index contributed by atoms with van der Waals surface area (Å²) in [6, 6.07) is 4.65. The minimum absolute atomic E-state index is 0.198. The number of hydrogen-bond acceptors (Lipinski definition) is 3. The van der Waals surface area contributed by atoms with Gasteiger partial charge in [-0.25, -0.2) is 4.79 Å². The highest BCUT2D eigenvalue weighted by Gasteiger charge is 2.10. The largest absolute Gasteiger partial charge is 0.493 e. The lowest BCUT2D eigenvalue weighted by molar-refractivity contribution is 0.0696. The molecule has 0 saturated carbocycles. The van der Waals surface area contributed by atoms with Gasteiger partial charge in [0.1, 0.15) is 0 Å². The Labute approximate surface area is 114 Å². The van der Waals surface area contributed by atoms with Gasteiger partial charge in [-0.1, -0.05) is 20.3 Å². The fourth-order valence-corrected chi connectivity index (χ4v) is 1.74. The van der Waals surface area contributed by atoms with Crippen LogP contribution in [0.1, 0.15) is 43.5 Å². The van der Waals surface area contributed by atoms with Gasteiger partial charge in [0.25, 0.3) is 0 Å². The summed E-state index contributed by atoms with van der Waals surface area (Å²) >= 11 is 0. The minimum Gasteiger partial charge on any atom is -0.493 e. The predicted octanol–water partition coefficient (Wildman–Crippen LogP) is 3.60. The van der Waals surface area contributed by atoms with Gasteiger partial charge in [0.2, 0.25) is 0 Å². The molecule has 4 heteroatoms. The molecule has 0 aliphatic carbocycles. The van der Waals surface area contributed by atoms with Gasteiger partial charge < -0.3 is 14.6 Å². The Morgan fingerprint density at radius 2 is 2.11 bits per heavy atom. The summed E-state index contributed by atoms with van der Waals surface area (Å²) in [4.78, 5) is 10.9. The maximum absolute atomic E-state index is 10.9. The van der Waals surface area contributed by atoms with E-state index >= 15 is 0 Å². The first-order valence-corrected chi connectivity index (χ1v) is 6.62. The Morgan fingerprint density at radius 1 is 1.37 bits per heavy atom. The van der Waals surface area contributed by atoms with Crippen molar-refractivity contribution >= 4 is 5.97 Å². The molecule has 1 aromatic rings. The number of carbonyl (C=O) groups is 1. The van der Waals surface area contributed by atoms with E-state index in [2.05, 4.69) is 13.8 Å². The molecule has 1 N–H and O–H groups in total. The van der Waals surface area contributed by atoms with Crippen LogP contribution in [0.15, 0.2) is 18.2 Å². The molecule has 0 aliphatic rings. The second kappa shape index (κ2) is 7.67. The van der Waals surface area contributed by atoms with Gasteiger partial charge in [0.05, 0.1) is 19.3 Å². The zero-order valence-electron chi connectivity index (χ0n) is 11.8. The van der Waals surface area contributed by atoms with Crippen molar-refractivity contribution in [3.05, 3.63) is 23.8 Å². The average molecular weight is 266 g/mol. The van der Waals surface area contributed by atoms with Crippen molar-refractivity contribution < 1.29 is 19.4 Å². The second-order valence-electron chi connectivity index (χ2n) is 4.67. The lowest BCUT2D eigenvalue weighted by atomic mass is 10.0. The Hall–Kier alpha value is -1.71.